The minimum Gasteiger partial charge on any atom is -0.375 e. The maximum atomic E-state index is 6.54. The molecule has 0 amide bonds. The highest BCUT2D eigenvalue weighted by Crippen LogP contribution is 2.46. The lowest BCUT2D eigenvalue weighted by molar-refractivity contribution is -0.135. The van der Waals surface area contributed by atoms with Gasteiger partial charge in [-0.15, -0.1) is 0 Å². The Morgan fingerprint density at radius 3 is 1.70 bits per heavy atom. The Hall–Kier alpha value is -0.120. The van der Waals surface area contributed by atoms with E-state index in [0.29, 0.717) is 0 Å². The molecule has 0 saturated carbocycles. The minimum absolute atomic E-state index is 0.0984. The summed E-state index contributed by atoms with van der Waals surface area (Å²) in [6, 6.07) is 0. The van der Waals surface area contributed by atoms with E-state index in [0.717, 1.165) is 38.7 Å². The molecule has 0 aliphatic carbocycles. The van der Waals surface area contributed by atoms with Gasteiger partial charge in [0.05, 0.1) is 5.60 Å². The van der Waals surface area contributed by atoms with E-state index in [1.807, 2.05) is 7.05 Å². The molecule has 0 fully saturated rings. The van der Waals surface area contributed by atoms with Gasteiger partial charge in [0.25, 0.3) is 0 Å². The van der Waals surface area contributed by atoms with Crippen LogP contribution in [0, 0.1) is 5.41 Å². The van der Waals surface area contributed by atoms with Crippen LogP contribution in [0.4, 0.5) is 0 Å². The Kier molecular flexibility index (Phi) is 8.78. The van der Waals surface area contributed by atoms with Gasteiger partial charge in [-0.25, -0.2) is 0 Å². The first-order valence-electron chi connectivity index (χ1n) is 9.49. The highest BCUT2D eigenvalue weighted by Gasteiger charge is 2.46. The highest BCUT2D eigenvalue weighted by atomic mass is 16.5. The van der Waals surface area contributed by atoms with Crippen molar-refractivity contribution < 1.29 is 4.74 Å². The third-order valence-electron chi connectivity index (χ3n) is 6.72. The van der Waals surface area contributed by atoms with Crippen LogP contribution in [-0.4, -0.2) is 37.4 Å². The Labute approximate surface area is 146 Å². The van der Waals surface area contributed by atoms with E-state index in [9.17, 15) is 0 Å². The molecular weight excluding hydrogens is 284 g/mol. The summed E-state index contributed by atoms with van der Waals surface area (Å²) < 4.78 is 6.54. The zero-order valence-corrected chi connectivity index (χ0v) is 17.7. The van der Waals surface area contributed by atoms with Crippen LogP contribution >= 0.6 is 0 Å². The second-order valence-corrected chi connectivity index (χ2v) is 8.57. The van der Waals surface area contributed by atoms with Crippen molar-refractivity contribution in [2.75, 3.05) is 20.7 Å². The summed E-state index contributed by atoms with van der Waals surface area (Å²) in [7, 11) is 4.11. The number of ether oxygens (including phenoxy) is 1. The molecule has 0 aromatic rings. The molecule has 23 heavy (non-hydrogen) atoms. The van der Waals surface area contributed by atoms with Gasteiger partial charge in [-0.05, 0) is 79.3 Å². The van der Waals surface area contributed by atoms with E-state index >= 15 is 0 Å². The van der Waals surface area contributed by atoms with Crippen LogP contribution in [0.2, 0.25) is 0 Å². The SMILES string of the molecule is CCC(C)(CC(C)(CC)C(C)(CC)OCCC(C)(C)NC)NC. The van der Waals surface area contributed by atoms with Crippen molar-refractivity contribution in [2.45, 2.75) is 104 Å². The van der Waals surface area contributed by atoms with E-state index in [4.69, 9.17) is 4.74 Å². The predicted molar refractivity (Wildman–Crippen MR) is 103 cm³/mol. The second-order valence-electron chi connectivity index (χ2n) is 8.57. The summed E-state index contributed by atoms with van der Waals surface area (Å²) in [5, 5.41) is 6.90. The number of rotatable bonds is 12. The first-order chi connectivity index (χ1) is 10.5. The van der Waals surface area contributed by atoms with Gasteiger partial charge >= 0.3 is 0 Å². The predicted octanol–water partition coefficient (Wildman–Crippen LogP) is 4.75. The standard InChI is InChI=1S/C20H44N2O/c1-11-18(6,16-19(7,12-2)22-10)20(8,13-3)23-15-14-17(4,5)21-9/h21-22H,11-16H2,1-10H3. The van der Waals surface area contributed by atoms with Gasteiger partial charge in [-0.1, -0.05) is 27.7 Å². The van der Waals surface area contributed by atoms with Crippen LogP contribution < -0.4 is 10.6 Å². The topological polar surface area (TPSA) is 33.3 Å². The molecule has 0 aromatic carbocycles. The van der Waals surface area contributed by atoms with Crippen LogP contribution in [0.3, 0.4) is 0 Å². The normalized spacial score (nSPS) is 20.6. The largest absolute Gasteiger partial charge is 0.375 e. The lowest BCUT2D eigenvalue weighted by Gasteiger charge is -2.50. The van der Waals surface area contributed by atoms with E-state index in [1.165, 1.54) is 0 Å². The summed E-state index contributed by atoms with van der Waals surface area (Å²) in [5.41, 5.74) is 0.340. The molecule has 0 rings (SSSR count). The Balaban J connectivity index is 5.16. The first-order valence-corrected chi connectivity index (χ1v) is 9.49. The average Bonchev–Trinajstić information content (AvgIpc) is 2.53. The van der Waals surface area contributed by atoms with Gasteiger partial charge in [0.1, 0.15) is 0 Å². The van der Waals surface area contributed by atoms with Gasteiger partial charge in [0.2, 0.25) is 0 Å². The molecule has 140 valence electrons. The lowest BCUT2D eigenvalue weighted by atomic mass is 9.64. The van der Waals surface area contributed by atoms with Crippen molar-refractivity contribution in [3.05, 3.63) is 0 Å². The molecule has 0 spiro atoms. The summed E-state index contributed by atoms with van der Waals surface area (Å²) in [6.07, 6.45) is 5.45. The highest BCUT2D eigenvalue weighted by molar-refractivity contribution is 4.99. The third kappa shape index (κ3) is 6.03. The molecular formula is C20H44N2O. The summed E-state index contributed by atoms with van der Waals surface area (Å²) in [6.45, 7) is 19.2. The molecule has 0 aliphatic heterocycles. The molecule has 0 bridgehead atoms. The van der Waals surface area contributed by atoms with Gasteiger partial charge in [-0.2, -0.15) is 0 Å². The van der Waals surface area contributed by atoms with Gasteiger partial charge in [-0.3, -0.25) is 0 Å². The number of hydrogen-bond donors (Lipinski definition) is 2. The fourth-order valence-corrected chi connectivity index (χ4v) is 3.30. The molecule has 3 unspecified atom stereocenters. The van der Waals surface area contributed by atoms with Crippen LogP contribution in [0.1, 0.15) is 87.5 Å². The fraction of sp³-hybridized carbons (Fsp3) is 1.00. The second kappa shape index (κ2) is 8.82. The van der Waals surface area contributed by atoms with Crippen molar-refractivity contribution >= 4 is 0 Å². The average molecular weight is 329 g/mol. The van der Waals surface area contributed by atoms with Crippen LogP contribution in [0.25, 0.3) is 0 Å². The molecule has 2 N–H and O–H groups in total. The summed E-state index contributed by atoms with van der Waals surface area (Å²) >= 11 is 0. The van der Waals surface area contributed by atoms with Crippen molar-refractivity contribution in [1.82, 2.24) is 10.6 Å². The maximum absolute atomic E-state index is 6.54. The molecule has 0 heterocycles. The third-order valence-corrected chi connectivity index (χ3v) is 6.72. The Morgan fingerprint density at radius 1 is 0.783 bits per heavy atom. The minimum atomic E-state index is -0.0984. The summed E-state index contributed by atoms with van der Waals surface area (Å²) in [5.74, 6) is 0. The quantitative estimate of drug-likeness (QED) is 0.542. The molecule has 3 heteroatoms. The van der Waals surface area contributed by atoms with Crippen molar-refractivity contribution in [1.29, 1.82) is 0 Å². The molecule has 3 nitrogen and oxygen atoms in total. The summed E-state index contributed by atoms with van der Waals surface area (Å²) in [4.78, 5) is 0. The molecule has 0 saturated heterocycles. The lowest BCUT2D eigenvalue weighted by Crippen LogP contribution is -2.53. The van der Waals surface area contributed by atoms with Gasteiger partial charge < -0.3 is 15.4 Å². The number of hydrogen-bond acceptors (Lipinski definition) is 3. The van der Waals surface area contributed by atoms with Crippen molar-refractivity contribution in [2.24, 2.45) is 5.41 Å². The van der Waals surface area contributed by atoms with Crippen molar-refractivity contribution in [3.63, 3.8) is 0 Å². The Morgan fingerprint density at radius 2 is 1.35 bits per heavy atom. The van der Waals surface area contributed by atoms with Gasteiger partial charge in [0, 0.05) is 17.7 Å². The molecule has 0 aliphatic rings. The number of nitrogens with one attached hydrogen (secondary N) is 2. The zero-order chi connectivity index (χ0) is 18.4. The van der Waals surface area contributed by atoms with Crippen LogP contribution in [-0.2, 0) is 4.74 Å². The van der Waals surface area contributed by atoms with E-state index in [1.54, 1.807) is 0 Å². The molecule has 0 radical (unpaired) electrons. The van der Waals surface area contributed by atoms with Crippen molar-refractivity contribution in [3.8, 4) is 0 Å². The van der Waals surface area contributed by atoms with Crippen LogP contribution in [0.15, 0.2) is 0 Å². The van der Waals surface area contributed by atoms with E-state index < -0.39 is 0 Å². The fourth-order valence-electron chi connectivity index (χ4n) is 3.30. The van der Waals surface area contributed by atoms with E-state index in [2.05, 4.69) is 73.1 Å². The smallest absolute Gasteiger partial charge is 0.0705 e. The Bertz CT molecular complexity index is 339. The first kappa shape index (κ1) is 22.9. The maximum Gasteiger partial charge on any atom is 0.0705 e. The molecule has 3 atom stereocenters. The van der Waals surface area contributed by atoms with Gasteiger partial charge in [0.15, 0.2) is 0 Å². The molecule has 0 aromatic heterocycles. The monoisotopic (exact) mass is 328 g/mol. The zero-order valence-electron chi connectivity index (χ0n) is 17.7. The van der Waals surface area contributed by atoms with Crippen LogP contribution in [0.5, 0.6) is 0 Å². The van der Waals surface area contributed by atoms with E-state index in [-0.39, 0.29) is 22.1 Å².